The zero-order valence-corrected chi connectivity index (χ0v) is 14.2. The molecule has 1 N–H and O–H groups in total. The monoisotopic (exact) mass is 335 g/mol. The first-order valence-electron chi connectivity index (χ1n) is 8.84. The molecule has 0 aliphatic carbocycles. The Labute approximate surface area is 142 Å². The molecule has 2 unspecified atom stereocenters. The van der Waals surface area contributed by atoms with Crippen LogP contribution in [0, 0.1) is 11.7 Å². The summed E-state index contributed by atoms with van der Waals surface area (Å²) >= 11 is 0. The van der Waals surface area contributed by atoms with Gasteiger partial charge in [0, 0.05) is 32.2 Å². The number of likely N-dealkylation sites (tertiary alicyclic amines) is 1. The molecule has 132 valence electrons. The van der Waals surface area contributed by atoms with E-state index in [-0.39, 0.29) is 17.6 Å². The van der Waals surface area contributed by atoms with Crippen molar-refractivity contribution < 1.29 is 19.0 Å². The first kappa shape index (κ1) is 17.4. The van der Waals surface area contributed by atoms with Gasteiger partial charge in [0.15, 0.2) is 0 Å². The lowest BCUT2D eigenvalue weighted by molar-refractivity contribution is -0.144. The van der Waals surface area contributed by atoms with Crippen LogP contribution in [0.1, 0.15) is 38.2 Å². The van der Waals surface area contributed by atoms with Gasteiger partial charge < -0.3 is 14.7 Å². The van der Waals surface area contributed by atoms with Gasteiger partial charge in [-0.3, -0.25) is 4.79 Å². The Hall–Kier alpha value is -1.46. The van der Waals surface area contributed by atoms with E-state index in [1.165, 1.54) is 12.1 Å². The van der Waals surface area contributed by atoms with E-state index < -0.39 is 11.5 Å². The zero-order chi connectivity index (χ0) is 17.2. The number of rotatable bonds is 3. The lowest BCUT2D eigenvalue weighted by Gasteiger charge is -2.43. The highest BCUT2D eigenvalue weighted by Crippen LogP contribution is 2.38. The number of carbonyl (C=O) groups excluding carboxylic acids is 1. The molecule has 2 fully saturated rings. The van der Waals surface area contributed by atoms with Crippen LogP contribution >= 0.6 is 0 Å². The number of aliphatic hydroxyl groups is 1. The van der Waals surface area contributed by atoms with Crippen molar-refractivity contribution in [3.05, 3.63) is 35.6 Å². The lowest BCUT2D eigenvalue weighted by Crippen LogP contribution is -2.53. The molecular formula is C19H26FNO3. The number of aliphatic hydroxyl groups excluding tert-OH is 1. The van der Waals surface area contributed by atoms with Crippen molar-refractivity contribution in [3.8, 4) is 0 Å². The molecule has 1 aromatic rings. The van der Waals surface area contributed by atoms with E-state index in [1.807, 2.05) is 4.90 Å². The Kier molecular flexibility index (Phi) is 5.21. The van der Waals surface area contributed by atoms with E-state index in [9.17, 15) is 14.3 Å². The van der Waals surface area contributed by atoms with Gasteiger partial charge in [-0.05, 0) is 50.3 Å². The Morgan fingerprint density at radius 1 is 1.33 bits per heavy atom. The van der Waals surface area contributed by atoms with E-state index in [0.717, 1.165) is 24.9 Å². The van der Waals surface area contributed by atoms with E-state index in [0.29, 0.717) is 32.6 Å². The van der Waals surface area contributed by atoms with Crippen LogP contribution in [0.15, 0.2) is 24.3 Å². The van der Waals surface area contributed by atoms with Gasteiger partial charge in [0.2, 0.25) is 5.91 Å². The van der Waals surface area contributed by atoms with Gasteiger partial charge in [-0.25, -0.2) is 4.39 Å². The molecule has 2 saturated heterocycles. The van der Waals surface area contributed by atoms with Crippen LogP contribution in [-0.2, 0) is 14.9 Å². The molecule has 0 bridgehead atoms. The fraction of sp³-hybridized carbons (Fsp3) is 0.632. The summed E-state index contributed by atoms with van der Waals surface area (Å²) in [6.07, 6.45) is 2.70. The largest absolute Gasteiger partial charge is 0.393 e. The number of hydrogen-bond acceptors (Lipinski definition) is 3. The van der Waals surface area contributed by atoms with Crippen LogP contribution in [0.4, 0.5) is 4.39 Å². The number of ether oxygens (including phenoxy) is 1. The summed E-state index contributed by atoms with van der Waals surface area (Å²) in [5.41, 5.74) is 0.239. The second-order valence-electron chi connectivity index (χ2n) is 7.10. The summed E-state index contributed by atoms with van der Waals surface area (Å²) in [5, 5.41) is 9.90. The third-order valence-corrected chi connectivity index (χ3v) is 5.58. The smallest absolute Gasteiger partial charge is 0.233 e. The molecule has 2 aliphatic rings. The molecule has 2 atom stereocenters. The Morgan fingerprint density at radius 2 is 2.00 bits per heavy atom. The van der Waals surface area contributed by atoms with E-state index in [4.69, 9.17) is 4.74 Å². The Bertz CT molecular complexity index is 566. The maximum absolute atomic E-state index is 13.4. The van der Waals surface area contributed by atoms with Crippen molar-refractivity contribution in [1.82, 2.24) is 4.90 Å². The predicted octanol–water partition coefficient (Wildman–Crippen LogP) is 2.49. The first-order valence-corrected chi connectivity index (χ1v) is 8.84. The molecule has 2 heterocycles. The predicted molar refractivity (Wildman–Crippen MR) is 89.1 cm³/mol. The van der Waals surface area contributed by atoms with Crippen LogP contribution in [0.5, 0.6) is 0 Å². The molecule has 1 aromatic carbocycles. The zero-order valence-electron chi connectivity index (χ0n) is 14.2. The SMILES string of the molecule is CC(O)C1CCCN(C(=O)C2(c3ccc(F)cc3)CCOCC2)C1. The van der Waals surface area contributed by atoms with Gasteiger partial charge >= 0.3 is 0 Å². The standard InChI is InChI=1S/C19H26FNO3/c1-14(22)15-3-2-10-21(13-15)18(23)19(8-11-24-12-9-19)16-4-6-17(20)7-5-16/h4-7,14-15,22H,2-3,8-13H2,1H3. The summed E-state index contributed by atoms with van der Waals surface area (Å²) in [7, 11) is 0. The molecule has 2 aliphatic heterocycles. The first-order chi connectivity index (χ1) is 11.5. The third kappa shape index (κ3) is 3.33. The van der Waals surface area contributed by atoms with Crippen molar-refractivity contribution in [2.75, 3.05) is 26.3 Å². The average molecular weight is 335 g/mol. The lowest BCUT2D eigenvalue weighted by atomic mass is 9.72. The van der Waals surface area contributed by atoms with Gasteiger partial charge in [0.1, 0.15) is 5.82 Å². The molecule has 3 rings (SSSR count). The quantitative estimate of drug-likeness (QED) is 0.923. The molecule has 0 aromatic heterocycles. The number of halogens is 1. The van der Waals surface area contributed by atoms with Crippen molar-refractivity contribution in [1.29, 1.82) is 0 Å². The second kappa shape index (κ2) is 7.19. The fourth-order valence-electron chi connectivity index (χ4n) is 4.01. The van der Waals surface area contributed by atoms with Crippen LogP contribution < -0.4 is 0 Å². The maximum atomic E-state index is 13.4. The Balaban J connectivity index is 1.88. The number of hydrogen-bond donors (Lipinski definition) is 1. The molecule has 5 heteroatoms. The van der Waals surface area contributed by atoms with Crippen molar-refractivity contribution in [3.63, 3.8) is 0 Å². The van der Waals surface area contributed by atoms with Crippen LogP contribution in [0.25, 0.3) is 0 Å². The normalized spacial score (nSPS) is 25.3. The number of nitrogens with zero attached hydrogens (tertiary/aromatic N) is 1. The summed E-state index contributed by atoms with van der Waals surface area (Å²) in [5.74, 6) is -0.0592. The third-order valence-electron chi connectivity index (χ3n) is 5.58. The highest BCUT2D eigenvalue weighted by molar-refractivity contribution is 5.88. The van der Waals surface area contributed by atoms with E-state index >= 15 is 0 Å². The molecular weight excluding hydrogens is 309 g/mol. The molecule has 1 amide bonds. The number of carbonyl (C=O) groups is 1. The van der Waals surface area contributed by atoms with Gasteiger partial charge in [-0.15, -0.1) is 0 Å². The highest BCUT2D eigenvalue weighted by atomic mass is 19.1. The number of amides is 1. The van der Waals surface area contributed by atoms with Gasteiger partial charge in [0.25, 0.3) is 0 Å². The number of benzene rings is 1. The van der Waals surface area contributed by atoms with Crippen molar-refractivity contribution in [2.24, 2.45) is 5.92 Å². The summed E-state index contributed by atoms with van der Waals surface area (Å²) in [6.45, 7) is 4.20. The molecule has 4 nitrogen and oxygen atoms in total. The average Bonchev–Trinajstić information content (AvgIpc) is 2.62. The molecule has 0 radical (unpaired) electrons. The number of piperidine rings is 1. The van der Waals surface area contributed by atoms with Gasteiger partial charge in [-0.2, -0.15) is 0 Å². The minimum atomic E-state index is -0.632. The minimum Gasteiger partial charge on any atom is -0.393 e. The fourth-order valence-corrected chi connectivity index (χ4v) is 4.01. The minimum absolute atomic E-state index is 0.0998. The second-order valence-corrected chi connectivity index (χ2v) is 7.10. The maximum Gasteiger partial charge on any atom is 0.233 e. The molecule has 0 saturated carbocycles. The summed E-state index contributed by atoms with van der Waals surface area (Å²) in [4.78, 5) is 15.3. The summed E-state index contributed by atoms with van der Waals surface area (Å²) in [6, 6.07) is 6.31. The van der Waals surface area contributed by atoms with Gasteiger partial charge in [0.05, 0.1) is 11.5 Å². The van der Waals surface area contributed by atoms with E-state index in [1.54, 1.807) is 19.1 Å². The van der Waals surface area contributed by atoms with Crippen LogP contribution in [0.2, 0.25) is 0 Å². The van der Waals surface area contributed by atoms with Crippen molar-refractivity contribution in [2.45, 2.75) is 44.1 Å². The Morgan fingerprint density at radius 3 is 2.62 bits per heavy atom. The molecule has 24 heavy (non-hydrogen) atoms. The van der Waals surface area contributed by atoms with Crippen LogP contribution in [0.3, 0.4) is 0 Å². The molecule has 0 spiro atoms. The van der Waals surface area contributed by atoms with Crippen LogP contribution in [-0.4, -0.2) is 48.3 Å². The van der Waals surface area contributed by atoms with Crippen molar-refractivity contribution >= 4 is 5.91 Å². The summed E-state index contributed by atoms with van der Waals surface area (Å²) < 4.78 is 18.8. The van der Waals surface area contributed by atoms with Gasteiger partial charge in [-0.1, -0.05) is 12.1 Å². The van der Waals surface area contributed by atoms with E-state index in [2.05, 4.69) is 0 Å². The highest BCUT2D eigenvalue weighted by Gasteiger charge is 2.45. The topological polar surface area (TPSA) is 49.8 Å².